The Kier molecular flexibility index (Phi) is 4.67. The highest BCUT2D eigenvalue weighted by molar-refractivity contribution is 5.35. The van der Waals surface area contributed by atoms with E-state index in [9.17, 15) is 9.18 Å². The molecule has 0 aliphatic rings. The van der Waals surface area contributed by atoms with Gasteiger partial charge in [-0.25, -0.2) is 14.2 Å². The van der Waals surface area contributed by atoms with Gasteiger partial charge in [0.05, 0.1) is 13.2 Å². The van der Waals surface area contributed by atoms with Crippen molar-refractivity contribution in [2.45, 2.75) is 20.4 Å². The van der Waals surface area contributed by atoms with E-state index in [1.165, 1.54) is 12.1 Å². The molecule has 0 aliphatic heterocycles. The van der Waals surface area contributed by atoms with Gasteiger partial charge in [-0.2, -0.15) is 0 Å². The molecule has 1 aromatic carbocycles. The van der Waals surface area contributed by atoms with Crippen LogP contribution in [-0.4, -0.2) is 12.7 Å². The predicted octanol–water partition coefficient (Wildman–Crippen LogP) is 2.70. The molecule has 0 atom stereocenters. The van der Waals surface area contributed by atoms with E-state index in [1.54, 1.807) is 12.1 Å². The summed E-state index contributed by atoms with van der Waals surface area (Å²) in [5.74, 6) is 0.144. The molecule has 0 heterocycles. The summed E-state index contributed by atoms with van der Waals surface area (Å²) in [5.41, 5.74) is 0.623. The smallest absolute Gasteiger partial charge is 0.235 e. The molecule has 0 fully saturated rings. The fourth-order valence-corrected chi connectivity index (χ4v) is 1.14. The standard InChI is InChI=1S/C12H14FNO2/c1-9(2)7-16-12-4-3-10(5-11(12)13)6-14-8-15/h3-5,9H,6-7H2,1-2H3. The second kappa shape index (κ2) is 6.03. The van der Waals surface area contributed by atoms with E-state index in [-0.39, 0.29) is 12.3 Å². The van der Waals surface area contributed by atoms with Gasteiger partial charge in [-0.15, -0.1) is 0 Å². The third kappa shape index (κ3) is 3.83. The van der Waals surface area contributed by atoms with Gasteiger partial charge in [0.1, 0.15) is 0 Å². The molecule has 0 aromatic heterocycles. The number of isocyanates is 1. The van der Waals surface area contributed by atoms with Crippen molar-refractivity contribution < 1.29 is 13.9 Å². The van der Waals surface area contributed by atoms with Gasteiger partial charge in [0.15, 0.2) is 11.6 Å². The highest BCUT2D eigenvalue weighted by Crippen LogP contribution is 2.19. The number of rotatable bonds is 5. The first-order valence-electron chi connectivity index (χ1n) is 5.08. The maximum Gasteiger partial charge on any atom is 0.235 e. The Labute approximate surface area is 94.0 Å². The SMILES string of the molecule is CC(C)COc1ccc(CN=C=O)cc1F. The van der Waals surface area contributed by atoms with Crippen LogP contribution in [0, 0.1) is 11.7 Å². The molecular formula is C12H14FNO2. The minimum atomic E-state index is -0.431. The molecule has 0 aliphatic carbocycles. The van der Waals surface area contributed by atoms with Crippen LogP contribution in [0.1, 0.15) is 19.4 Å². The summed E-state index contributed by atoms with van der Waals surface area (Å²) >= 11 is 0. The molecule has 86 valence electrons. The van der Waals surface area contributed by atoms with Crippen molar-refractivity contribution in [1.29, 1.82) is 0 Å². The van der Waals surface area contributed by atoms with Crippen LogP contribution >= 0.6 is 0 Å². The molecule has 0 bridgehead atoms. The zero-order valence-corrected chi connectivity index (χ0v) is 9.37. The zero-order chi connectivity index (χ0) is 12.0. The summed E-state index contributed by atoms with van der Waals surface area (Å²) in [7, 11) is 0. The lowest BCUT2D eigenvalue weighted by molar-refractivity contribution is 0.259. The average molecular weight is 223 g/mol. The van der Waals surface area contributed by atoms with Gasteiger partial charge >= 0.3 is 0 Å². The van der Waals surface area contributed by atoms with E-state index in [4.69, 9.17) is 4.74 Å². The number of ether oxygens (including phenoxy) is 1. The van der Waals surface area contributed by atoms with E-state index in [1.807, 2.05) is 13.8 Å². The summed E-state index contributed by atoms with van der Waals surface area (Å²) < 4.78 is 18.7. The third-order valence-electron chi connectivity index (χ3n) is 1.89. The summed E-state index contributed by atoms with van der Waals surface area (Å²) in [6.07, 6.45) is 1.41. The van der Waals surface area contributed by atoms with Crippen LogP contribution in [0.25, 0.3) is 0 Å². The van der Waals surface area contributed by atoms with Crippen LogP contribution in [0.5, 0.6) is 5.75 Å². The Morgan fingerprint density at radius 1 is 1.50 bits per heavy atom. The lowest BCUT2D eigenvalue weighted by Crippen LogP contribution is -2.05. The van der Waals surface area contributed by atoms with Crippen LogP contribution in [0.15, 0.2) is 23.2 Å². The van der Waals surface area contributed by atoms with E-state index in [0.29, 0.717) is 18.1 Å². The first kappa shape index (κ1) is 12.4. The van der Waals surface area contributed by atoms with Gasteiger partial charge < -0.3 is 4.74 Å². The van der Waals surface area contributed by atoms with Crippen LogP contribution < -0.4 is 4.74 Å². The van der Waals surface area contributed by atoms with Crippen molar-refractivity contribution in [1.82, 2.24) is 0 Å². The van der Waals surface area contributed by atoms with E-state index < -0.39 is 5.82 Å². The topological polar surface area (TPSA) is 38.7 Å². The van der Waals surface area contributed by atoms with Crippen molar-refractivity contribution in [3.63, 3.8) is 0 Å². The molecule has 0 amide bonds. The fraction of sp³-hybridized carbons (Fsp3) is 0.417. The lowest BCUT2D eigenvalue weighted by Gasteiger charge is -2.09. The van der Waals surface area contributed by atoms with Crippen molar-refractivity contribution in [3.05, 3.63) is 29.6 Å². The number of nitrogens with zero attached hydrogens (tertiary/aromatic N) is 1. The van der Waals surface area contributed by atoms with Gasteiger partial charge in [-0.1, -0.05) is 19.9 Å². The number of aliphatic imine (C=N–C) groups is 1. The van der Waals surface area contributed by atoms with Gasteiger partial charge in [-0.3, -0.25) is 0 Å². The summed E-state index contributed by atoms with van der Waals surface area (Å²) in [4.78, 5) is 13.3. The molecule has 0 unspecified atom stereocenters. The molecule has 0 radical (unpaired) electrons. The predicted molar refractivity (Wildman–Crippen MR) is 58.6 cm³/mol. The Balaban J connectivity index is 2.70. The summed E-state index contributed by atoms with van der Waals surface area (Å²) in [6, 6.07) is 4.55. The normalized spacial score (nSPS) is 10.0. The van der Waals surface area contributed by atoms with Gasteiger partial charge in [0.2, 0.25) is 6.08 Å². The molecule has 0 saturated carbocycles. The maximum atomic E-state index is 13.5. The zero-order valence-electron chi connectivity index (χ0n) is 9.37. The van der Waals surface area contributed by atoms with E-state index in [2.05, 4.69) is 4.99 Å². The van der Waals surface area contributed by atoms with Gasteiger partial charge in [0.25, 0.3) is 0 Å². The van der Waals surface area contributed by atoms with Crippen LogP contribution in [0.4, 0.5) is 4.39 Å². The molecule has 4 heteroatoms. The van der Waals surface area contributed by atoms with Crippen LogP contribution in [0.3, 0.4) is 0 Å². The summed E-state index contributed by atoms with van der Waals surface area (Å²) in [6.45, 7) is 4.60. The summed E-state index contributed by atoms with van der Waals surface area (Å²) in [5, 5.41) is 0. The number of carbonyl (C=O) groups excluding carboxylic acids is 1. The fourth-order valence-electron chi connectivity index (χ4n) is 1.14. The molecule has 0 spiro atoms. The Morgan fingerprint density at radius 3 is 2.81 bits per heavy atom. The van der Waals surface area contributed by atoms with Crippen LogP contribution in [-0.2, 0) is 11.3 Å². The average Bonchev–Trinajstić information content (AvgIpc) is 2.24. The monoisotopic (exact) mass is 223 g/mol. The van der Waals surface area contributed by atoms with Crippen molar-refractivity contribution >= 4 is 6.08 Å². The Morgan fingerprint density at radius 2 is 2.25 bits per heavy atom. The van der Waals surface area contributed by atoms with E-state index >= 15 is 0 Å². The second-order valence-electron chi connectivity index (χ2n) is 3.88. The van der Waals surface area contributed by atoms with Gasteiger partial charge in [0, 0.05) is 0 Å². The van der Waals surface area contributed by atoms with Crippen LogP contribution in [0.2, 0.25) is 0 Å². The molecule has 16 heavy (non-hydrogen) atoms. The molecule has 0 saturated heterocycles. The number of hydrogen-bond donors (Lipinski definition) is 0. The highest BCUT2D eigenvalue weighted by Gasteiger charge is 2.05. The number of benzene rings is 1. The van der Waals surface area contributed by atoms with Crippen molar-refractivity contribution in [3.8, 4) is 5.75 Å². The molecule has 0 N–H and O–H groups in total. The Bertz CT molecular complexity index is 398. The second-order valence-corrected chi connectivity index (χ2v) is 3.88. The first-order chi connectivity index (χ1) is 7.63. The molecular weight excluding hydrogens is 209 g/mol. The first-order valence-corrected chi connectivity index (χ1v) is 5.08. The highest BCUT2D eigenvalue weighted by atomic mass is 19.1. The molecule has 1 rings (SSSR count). The molecule has 1 aromatic rings. The van der Waals surface area contributed by atoms with Crippen molar-refractivity contribution in [2.75, 3.05) is 6.61 Å². The minimum absolute atomic E-state index is 0.144. The third-order valence-corrected chi connectivity index (χ3v) is 1.89. The Hall–Kier alpha value is -1.67. The largest absolute Gasteiger partial charge is 0.490 e. The lowest BCUT2D eigenvalue weighted by atomic mass is 10.2. The maximum absolute atomic E-state index is 13.5. The number of halogens is 1. The minimum Gasteiger partial charge on any atom is -0.490 e. The van der Waals surface area contributed by atoms with Gasteiger partial charge in [-0.05, 0) is 23.6 Å². The quantitative estimate of drug-likeness (QED) is 0.568. The molecule has 3 nitrogen and oxygen atoms in total. The number of hydrogen-bond acceptors (Lipinski definition) is 3. The van der Waals surface area contributed by atoms with E-state index in [0.717, 1.165) is 0 Å². The van der Waals surface area contributed by atoms with Crippen molar-refractivity contribution in [2.24, 2.45) is 10.9 Å².